The van der Waals surface area contributed by atoms with Crippen molar-refractivity contribution >= 4 is 34.9 Å². The van der Waals surface area contributed by atoms with Gasteiger partial charge in [-0.15, -0.1) is 0 Å². The van der Waals surface area contributed by atoms with Gasteiger partial charge < -0.3 is 19.3 Å². The number of pyridine rings is 1. The van der Waals surface area contributed by atoms with Crippen LogP contribution in [0.5, 0.6) is 0 Å². The van der Waals surface area contributed by atoms with Crippen molar-refractivity contribution in [2.24, 2.45) is 0 Å². The van der Waals surface area contributed by atoms with Gasteiger partial charge >= 0.3 is 6.18 Å². The average molecular weight is 591 g/mol. The van der Waals surface area contributed by atoms with Crippen LogP contribution in [0.15, 0.2) is 24.3 Å². The van der Waals surface area contributed by atoms with Gasteiger partial charge in [0.05, 0.1) is 16.3 Å². The number of ether oxygens (including phenoxy) is 2. The number of aromatic nitrogens is 1. The second-order valence-electron chi connectivity index (χ2n) is 10.4. The molecule has 3 heterocycles. The fourth-order valence-corrected chi connectivity index (χ4v) is 5.01. The first-order chi connectivity index (χ1) is 18.5. The molecule has 0 unspecified atom stereocenters. The third-order valence-corrected chi connectivity index (χ3v) is 6.79. The van der Waals surface area contributed by atoms with Gasteiger partial charge in [0.1, 0.15) is 29.6 Å². The Hall–Kier alpha value is -2.87. The van der Waals surface area contributed by atoms with Crippen molar-refractivity contribution in [3.63, 3.8) is 0 Å². The molecule has 0 bridgehead atoms. The average Bonchev–Trinajstić information content (AvgIpc) is 3.28. The van der Waals surface area contributed by atoms with E-state index in [9.17, 15) is 27.2 Å². The van der Waals surface area contributed by atoms with Crippen molar-refractivity contribution in [1.29, 1.82) is 0 Å². The molecule has 2 saturated heterocycles. The monoisotopic (exact) mass is 590 g/mol. The quantitative estimate of drug-likeness (QED) is 0.348. The number of hydrogen-bond donors (Lipinski definition) is 0. The summed E-state index contributed by atoms with van der Waals surface area (Å²) in [6.07, 6.45) is -7.04. The molecule has 0 saturated carbocycles. The maximum Gasteiger partial charge on any atom is 0.416 e. The minimum absolute atomic E-state index is 0.0535. The molecule has 2 fully saturated rings. The molecule has 3 atom stereocenters. The Morgan fingerprint density at radius 1 is 1.10 bits per heavy atom. The van der Waals surface area contributed by atoms with E-state index < -0.39 is 70.1 Å². The number of amides is 2. The number of carbonyl (C=O) groups excluding carboxylic acids is 2. The van der Waals surface area contributed by atoms with Gasteiger partial charge in [0.25, 0.3) is 11.8 Å². The zero-order chi connectivity index (χ0) is 29.7. The molecule has 4 rings (SSSR count). The summed E-state index contributed by atoms with van der Waals surface area (Å²) in [6, 6.07) is 1.35. The molecule has 0 N–H and O–H groups in total. The van der Waals surface area contributed by atoms with Crippen molar-refractivity contribution in [3.8, 4) is 0 Å². The van der Waals surface area contributed by atoms with Gasteiger partial charge in [0.2, 0.25) is 0 Å². The van der Waals surface area contributed by atoms with Gasteiger partial charge in [-0.2, -0.15) is 13.2 Å². The number of hydrogen-bond acceptors (Lipinski definition) is 6. The number of aryl methyl sites for hydroxylation is 1. The Morgan fingerprint density at radius 3 is 2.40 bits per heavy atom. The van der Waals surface area contributed by atoms with E-state index in [0.717, 1.165) is 21.9 Å². The lowest BCUT2D eigenvalue weighted by Crippen LogP contribution is -2.53. The lowest BCUT2D eigenvalue weighted by Gasteiger charge is -2.33. The summed E-state index contributed by atoms with van der Waals surface area (Å²) < 4.78 is 81.6. The molecular weight excluding hydrogens is 563 g/mol. The zero-order valence-corrected chi connectivity index (χ0v) is 23.1. The third-order valence-electron chi connectivity index (χ3n) is 6.50. The Kier molecular flexibility index (Phi) is 8.16. The van der Waals surface area contributed by atoms with Gasteiger partial charge in [0.15, 0.2) is 11.9 Å². The van der Waals surface area contributed by atoms with Crippen LogP contribution in [0.2, 0.25) is 5.02 Å². The van der Waals surface area contributed by atoms with Gasteiger partial charge in [-0.3, -0.25) is 14.5 Å². The normalized spacial score (nSPS) is 22.2. The Bertz CT molecular complexity index is 1320. The standard InChI is InChI=1S/C26H28ClF5N4O4/c1-13-9-14(26(30,31)32)10-19(33-13)36-20(21-22(24(36)38)40-25(2,3)39-21)23(37)35(8-6-7-34(4)5)18-11-15(27)16(28)12-17(18)29/h9-12,20-22H,6-8H2,1-5H3/t20-,21-,22-/m0/s1. The first kappa shape index (κ1) is 30.1. The fraction of sp³-hybridized carbons (Fsp3) is 0.500. The minimum Gasteiger partial charge on any atom is -0.341 e. The molecule has 1 aromatic carbocycles. The highest BCUT2D eigenvalue weighted by atomic mass is 35.5. The van der Waals surface area contributed by atoms with Crippen molar-refractivity contribution < 1.29 is 41.0 Å². The van der Waals surface area contributed by atoms with Gasteiger partial charge in [0, 0.05) is 18.3 Å². The fourth-order valence-electron chi connectivity index (χ4n) is 4.85. The van der Waals surface area contributed by atoms with Crippen LogP contribution in [0.25, 0.3) is 0 Å². The largest absolute Gasteiger partial charge is 0.416 e. The second-order valence-corrected chi connectivity index (χ2v) is 10.8. The van der Waals surface area contributed by atoms with E-state index in [2.05, 4.69) is 4.98 Å². The van der Waals surface area contributed by atoms with E-state index in [4.69, 9.17) is 21.1 Å². The number of benzene rings is 1. The highest BCUT2D eigenvalue weighted by Gasteiger charge is 2.61. The van der Waals surface area contributed by atoms with Crippen molar-refractivity contribution in [2.45, 2.75) is 57.4 Å². The van der Waals surface area contributed by atoms with Crippen molar-refractivity contribution in [2.75, 3.05) is 37.0 Å². The minimum atomic E-state index is -4.76. The van der Waals surface area contributed by atoms with Crippen LogP contribution < -0.4 is 9.80 Å². The molecule has 218 valence electrons. The van der Waals surface area contributed by atoms with Crippen molar-refractivity contribution in [3.05, 3.63) is 52.2 Å². The number of anilines is 2. The van der Waals surface area contributed by atoms with Crippen molar-refractivity contribution in [1.82, 2.24) is 9.88 Å². The highest BCUT2D eigenvalue weighted by Crippen LogP contribution is 2.42. The van der Waals surface area contributed by atoms with Gasteiger partial charge in [-0.25, -0.2) is 13.8 Å². The van der Waals surface area contributed by atoms with Gasteiger partial charge in [-0.1, -0.05) is 11.6 Å². The summed E-state index contributed by atoms with van der Waals surface area (Å²) in [5, 5.41) is -0.448. The van der Waals surface area contributed by atoms with Crippen LogP contribution >= 0.6 is 11.6 Å². The van der Waals surface area contributed by atoms with Gasteiger partial charge in [-0.05, 0) is 66.0 Å². The van der Waals surface area contributed by atoms with E-state index in [1.807, 2.05) is 4.90 Å². The van der Waals surface area contributed by atoms with Crippen LogP contribution in [0.4, 0.5) is 33.5 Å². The predicted octanol–water partition coefficient (Wildman–Crippen LogP) is 4.56. The molecule has 2 amide bonds. The van der Waals surface area contributed by atoms with Crippen LogP contribution in [0.3, 0.4) is 0 Å². The molecule has 40 heavy (non-hydrogen) atoms. The number of halogens is 6. The van der Waals surface area contributed by atoms with Crippen LogP contribution in [0, 0.1) is 18.6 Å². The molecule has 2 aliphatic rings. The number of nitrogens with zero attached hydrogens (tertiary/aromatic N) is 4. The van der Waals surface area contributed by atoms with E-state index in [1.165, 1.54) is 20.8 Å². The molecule has 14 heteroatoms. The maximum absolute atomic E-state index is 15.1. The van der Waals surface area contributed by atoms with E-state index in [0.29, 0.717) is 25.1 Å². The number of carbonyl (C=O) groups is 2. The van der Waals surface area contributed by atoms with Crippen LogP contribution in [0.1, 0.15) is 31.5 Å². The Morgan fingerprint density at radius 2 is 1.77 bits per heavy atom. The summed E-state index contributed by atoms with van der Waals surface area (Å²) in [5.74, 6) is -5.61. The molecule has 0 spiro atoms. The molecule has 0 radical (unpaired) electrons. The Balaban J connectivity index is 1.84. The summed E-state index contributed by atoms with van der Waals surface area (Å²) in [6.45, 7) is 4.74. The number of alkyl halides is 3. The molecule has 2 aromatic rings. The summed E-state index contributed by atoms with van der Waals surface area (Å²) in [4.78, 5) is 35.5. The van der Waals surface area contributed by atoms with E-state index >= 15 is 4.39 Å². The number of rotatable bonds is 7. The Labute approximate surface area is 232 Å². The third kappa shape index (κ3) is 5.92. The lowest BCUT2D eigenvalue weighted by molar-refractivity contribution is -0.161. The summed E-state index contributed by atoms with van der Waals surface area (Å²) in [5.41, 5.74) is -1.49. The first-order valence-corrected chi connectivity index (χ1v) is 12.7. The molecule has 2 aliphatic heterocycles. The smallest absolute Gasteiger partial charge is 0.341 e. The zero-order valence-electron chi connectivity index (χ0n) is 22.4. The lowest BCUT2D eigenvalue weighted by atomic mass is 10.1. The maximum atomic E-state index is 15.1. The summed E-state index contributed by atoms with van der Waals surface area (Å²) >= 11 is 5.92. The van der Waals surface area contributed by atoms with Crippen LogP contribution in [-0.4, -0.2) is 72.9 Å². The molecular formula is C26H28ClF5N4O4. The van der Waals surface area contributed by atoms with E-state index in [1.54, 1.807) is 14.1 Å². The second kappa shape index (κ2) is 10.8. The topological polar surface area (TPSA) is 75.2 Å². The summed E-state index contributed by atoms with van der Waals surface area (Å²) in [7, 11) is 3.58. The molecule has 1 aromatic heterocycles. The molecule has 0 aliphatic carbocycles. The van der Waals surface area contributed by atoms with E-state index in [-0.39, 0.29) is 17.9 Å². The molecule has 8 nitrogen and oxygen atoms in total. The first-order valence-electron chi connectivity index (χ1n) is 12.4. The number of fused-ring (bicyclic) bond motifs is 1. The predicted molar refractivity (Wildman–Crippen MR) is 136 cm³/mol. The highest BCUT2D eigenvalue weighted by molar-refractivity contribution is 6.31. The SMILES string of the molecule is Cc1cc(C(F)(F)F)cc(N2C(=O)[C@H]3OC(C)(C)O[C@H]3[C@H]2C(=O)N(CCCN(C)C)c2cc(Cl)c(F)cc2F)n1. The van der Waals surface area contributed by atoms with Crippen LogP contribution in [-0.2, 0) is 25.2 Å².